The van der Waals surface area contributed by atoms with Crippen molar-refractivity contribution < 1.29 is 5.11 Å². The molecule has 2 nitrogen and oxygen atoms in total. The zero-order valence-electron chi connectivity index (χ0n) is 5.98. The fourth-order valence-electron chi connectivity index (χ4n) is 1.42. The first kappa shape index (κ1) is 7.03. The van der Waals surface area contributed by atoms with Gasteiger partial charge in [0.25, 0.3) is 0 Å². The molecule has 0 aromatic rings. The van der Waals surface area contributed by atoms with E-state index in [4.69, 9.17) is 5.11 Å². The minimum atomic E-state index is 0.0833. The molecule has 2 heteroatoms. The number of hydrogen-bond donors (Lipinski definition) is 2. The molecule has 0 saturated carbocycles. The summed E-state index contributed by atoms with van der Waals surface area (Å²) in [6, 6.07) is 0. The van der Waals surface area contributed by atoms with E-state index in [1.807, 2.05) is 0 Å². The van der Waals surface area contributed by atoms with Crippen LogP contribution < -0.4 is 5.32 Å². The molecule has 1 heterocycles. The Morgan fingerprint density at radius 3 is 2.67 bits per heavy atom. The van der Waals surface area contributed by atoms with Gasteiger partial charge in [-0.05, 0) is 25.8 Å². The molecule has 0 radical (unpaired) electrons. The molecule has 1 aliphatic heterocycles. The average Bonchev–Trinajstić information content (AvgIpc) is 2.36. The summed E-state index contributed by atoms with van der Waals surface area (Å²) in [6.07, 6.45) is 3.40. The SMILES string of the molecule is CCC1(CO)CCCN1. The summed E-state index contributed by atoms with van der Waals surface area (Å²) in [7, 11) is 0. The Morgan fingerprint density at radius 2 is 2.44 bits per heavy atom. The molecular weight excluding hydrogens is 114 g/mol. The highest BCUT2D eigenvalue weighted by Crippen LogP contribution is 2.21. The highest BCUT2D eigenvalue weighted by atomic mass is 16.3. The van der Waals surface area contributed by atoms with Gasteiger partial charge in [0.05, 0.1) is 6.61 Å². The van der Waals surface area contributed by atoms with Gasteiger partial charge in [-0.1, -0.05) is 6.92 Å². The van der Waals surface area contributed by atoms with Crippen LogP contribution in [0.15, 0.2) is 0 Å². The lowest BCUT2D eigenvalue weighted by Crippen LogP contribution is -2.42. The van der Waals surface area contributed by atoms with Crippen molar-refractivity contribution >= 4 is 0 Å². The van der Waals surface area contributed by atoms with Gasteiger partial charge in [0.2, 0.25) is 0 Å². The Bertz CT molecular complexity index is 80.9. The van der Waals surface area contributed by atoms with E-state index in [0.717, 1.165) is 19.4 Å². The maximum atomic E-state index is 8.95. The predicted octanol–water partition coefficient (Wildman–Crippen LogP) is 0.511. The Hall–Kier alpha value is -0.0800. The summed E-state index contributed by atoms with van der Waals surface area (Å²) in [6.45, 7) is 3.49. The Kier molecular flexibility index (Phi) is 2.09. The average molecular weight is 129 g/mol. The predicted molar refractivity (Wildman–Crippen MR) is 37.3 cm³/mol. The number of nitrogens with one attached hydrogen (secondary N) is 1. The Morgan fingerprint density at radius 1 is 1.67 bits per heavy atom. The van der Waals surface area contributed by atoms with Gasteiger partial charge in [0, 0.05) is 5.54 Å². The first-order valence-electron chi connectivity index (χ1n) is 3.69. The first-order valence-corrected chi connectivity index (χ1v) is 3.69. The second kappa shape index (κ2) is 2.67. The van der Waals surface area contributed by atoms with E-state index in [9.17, 15) is 0 Å². The second-order valence-electron chi connectivity index (χ2n) is 2.82. The van der Waals surface area contributed by atoms with E-state index in [-0.39, 0.29) is 5.54 Å². The van der Waals surface area contributed by atoms with Crippen molar-refractivity contribution in [3.8, 4) is 0 Å². The van der Waals surface area contributed by atoms with Gasteiger partial charge < -0.3 is 10.4 Å². The van der Waals surface area contributed by atoms with Crippen molar-refractivity contribution in [1.29, 1.82) is 0 Å². The summed E-state index contributed by atoms with van der Waals surface area (Å²) in [5.74, 6) is 0. The lowest BCUT2D eigenvalue weighted by atomic mass is 9.96. The number of aliphatic hydroxyl groups excluding tert-OH is 1. The van der Waals surface area contributed by atoms with Gasteiger partial charge in [-0.2, -0.15) is 0 Å². The number of aliphatic hydroxyl groups is 1. The van der Waals surface area contributed by atoms with E-state index in [1.165, 1.54) is 6.42 Å². The summed E-state index contributed by atoms with van der Waals surface area (Å²) >= 11 is 0. The molecule has 1 saturated heterocycles. The molecule has 1 aliphatic rings. The van der Waals surface area contributed by atoms with Crippen molar-refractivity contribution in [2.45, 2.75) is 31.7 Å². The number of hydrogen-bond acceptors (Lipinski definition) is 2. The molecule has 0 aromatic carbocycles. The third kappa shape index (κ3) is 1.25. The third-order valence-corrected chi connectivity index (χ3v) is 2.31. The molecule has 0 amide bonds. The van der Waals surface area contributed by atoms with Gasteiger partial charge in [0.1, 0.15) is 0 Å². The van der Waals surface area contributed by atoms with Crippen LogP contribution in [0.2, 0.25) is 0 Å². The molecular formula is C7H15NO. The van der Waals surface area contributed by atoms with Gasteiger partial charge >= 0.3 is 0 Å². The van der Waals surface area contributed by atoms with Crippen molar-refractivity contribution in [2.24, 2.45) is 0 Å². The smallest absolute Gasteiger partial charge is 0.0613 e. The van der Waals surface area contributed by atoms with Crippen LogP contribution >= 0.6 is 0 Å². The highest BCUT2D eigenvalue weighted by Gasteiger charge is 2.29. The maximum absolute atomic E-state index is 8.95. The van der Waals surface area contributed by atoms with Crippen molar-refractivity contribution in [2.75, 3.05) is 13.2 Å². The lowest BCUT2D eigenvalue weighted by Gasteiger charge is -2.24. The van der Waals surface area contributed by atoms with Gasteiger partial charge in [-0.3, -0.25) is 0 Å². The van der Waals surface area contributed by atoms with Crippen LogP contribution in [0.25, 0.3) is 0 Å². The fourth-order valence-corrected chi connectivity index (χ4v) is 1.42. The zero-order valence-corrected chi connectivity index (χ0v) is 5.98. The van der Waals surface area contributed by atoms with Crippen LogP contribution in [-0.2, 0) is 0 Å². The standard InChI is InChI=1S/C7H15NO/c1-2-7(6-9)4-3-5-8-7/h8-9H,2-6H2,1H3. The first-order chi connectivity index (χ1) is 4.33. The molecule has 1 atom stereocenters. The van der Waals surface area contributed by atoms with Crippen LogP contribution in [0.1, 0.15) is 26.2 Å². The molecule has 1 unspecified atom stereocenters. The Labute approximate surface area is 56.3 Å². The molecule has 1 rings (SSSR count). The van der Waals surface area contributed by atoms with Crippen molar-refractivity contribution in [3.05, 3.63) is 0 Å². The monoisotopic (exact) mass is 129 g/mol. The zero-order chi connectivity index (χ0) is 6.74. The van der Waals surface area contributed by atoms with E-state index in [2.05, 4.69) is 12.2 Å². The fraction of sp³-hybridized carbons (Fsp3) is 1.00. The van der Waals surface area contributed by atoms with E-state index < -0.39 is 0 Å². The van der Waals surface area contributed by atoms with Crippen LogP contribution in [0.4, 0.5) is 0 Å². The summed E-state index contributed by atoms with van der Waals surface area (Å²) in [4.78, 5) is 0. The second-order valence-corrected chi connectivity index (χ2v) is 2.82. The summed E-state index contributed by atoms with van der Waals surface area (Å²) < 4.78 is 0. The molecule has 9 heavy (non-hydrogen) atoms. The molecule has 0 aliphatic carbocycles. The minimum Gasteiger partial charge on any atom is -0.394 e. The molecule has 0 aromatic heterocycles. The maximum Gasteiger partial charge on any atom is 0.0613 e. The molecule has 54 valence electrons. The largest absolute Gasteiger partial charge is 0.394 e. The summed E-state index contributed by atoms with van der Waals surface area (Å²) in [5, 5.41) is 12.3. The third-order valence-electron chi connectivity index (χ3n) is 2.31. The van der Waals surface area contributed by atoms with Gasteiger partial charge in [0.15, 0.2) is 0 Å². The van der Waals surface area contributed by atoms with Crippen LogP contribution in [0, 0.1) is 0 Å². The van der Waals surface area contributed by atoms with Gasteiger partial charge in [-0.15, -0.1) is 0 Å². The lowest BCUT2D eigenvalue weighted by molar-refractivity contribution is 0.174. The van der Waals surface area contributed by atoms with E-state index >= 15 is 0 Å². The number of rotatable bonds is 2. The van der Waals surface area contributed by atoms with Gasteiger partial charge in [-0.25, -0.2) is 0 Å². The molecule has 0 spiro atoms. The summed E-state index contributed by atoms with van der Waals surface area (Å²) in [5.41, 5.74) is 0.0833. The molecule has 2 N–H and O–H groups in total. The normalized spacial score (nSPS) is 35.3. The topological polar surface area (TPSA) is 32.3 Å². The van der Waals surface area contributed by atoms with Crippen molar-refractivity contribution in [1.82, 2.24) is 5.32 Å². The minimum absolute atomic E-state index is 0.0833. The van der Waals surface area contributed by atoms with E-state index in [1.54, 1.807) is 0 Å². The molecule has 0 bridgehead atoms. The Balaban J connectivity index is 2.45. The van der Waals surface area contributed by atoms with Crippen LogP contribution in [-0.4, -0.2) is 23.8 Å². The highest BCUT2D eigenvalue weighted by molar-refractivity contribution is 4.90. The van der Waals surface area contributed by atoms with Crippen LogP contribution in [0.5, 0.6) is 0 Å². The van der Waals surface area contributed by atoms with Crippen molar-refractivity contribution in [3.63, 3.8) is 0 Å². The molecule has 1 fully saturated rings. The quantitative estimate of drug-likeness (QED) is 0.569. The van der Waals surface area contributed by atoms with Crippen LogP contribution in [0.3, 0.4) is 0 Å². The van der Waals surface area contributed by atoms with E-state index in [0.29, 0.717) is 6.61 Å².